The van der Waals surface area contributed by atoms with E-state index in [2.05, 4.69) is 0 Å². The van der Waals surface area contributed by atoms with Crippen LogP contribution >= 0.6 is 0 Å². The third-order valence-electron chi connectivity index (χ3n) is 5.89. The molecule has 0 bridgehead atoms. The Morgan fingerprint density at radius 2 is 1.83 bits per heavy atom. The van der Waals surface area contributed by atoms with Gasteiger partial charge in [-0.15, -0.1) is 0 Å². The number of furan rings is 1. The van der Waals surface area contributed by atoms with Crippen LogP contribution in [0.25, 0.3) is 5.76 Å². The zero-order valence-corrected chi connectivity index (χ0v) is 17.3. The van der Waals surface area contributed by atoms with E-state index in [0.717, 1.165) is 25.7 Å². The third kappa shape index (κ3) is 3.24. The number of amides is 1. The van der Waals surface area contributed by atoms with Gasteiger partial charge in [0.2, 0.25) is 0 Å². The zero-order chi connectivity index (χ0) is 21.4. The number of hydrogen-bond donors (Lipinski definition) is 1. The Morgan fingerprint density at radius 3 is 2.43 bits per heavy atom. The number of carbonyl (C=O) groups is 2. The Morgan fingerprint density at radius 1 is 1.10 bits per heavy atom. The molecular formula is C23H25NO6. The normalized spacial score (nSPS) is 21.4. The molecule has 4 rings (SSSR count). The Kier molecular flexibility index (Phi) is 5.28. The predicted octanol–water partition coefficient (Wildman–Crippen LogP) is 3.97. The molecule has 7 nitrogen and oxygen atoms in total. The molecule has 0 spiro atoms. The maximum absolute atomic E-state index is 13.1. The lowest BCUT2D eigenvalue weighted by Crippen LogP contribution is -2.37. The van der Waals surface area contributed by atoms with E-state index in [0.29, 0.717) is 23.0 Å². The second kappa shape index (κ2) is 7.89. The predicted molar refractivity (Wildman–Crippen MR) is 109 cm³/mol. The van der Waals surface area contributed by atoms with Gasteiger partial charge in [0.25, 0.3) is 11.7 Å². The lowest BCUT2D eigenvalue weighted by molar-refractivity contribution is -0.141. The van der Waals surface area contributed by atoms with E-state index < -0.39 is 17.7 Å². The number of aryl methyl sites for hydroxylation is 1. The van der Waals surface area contributed by atoms with Crippen LogP contribution in [0.2, 0.25) is 0 Å². The van der Waals surface area contributed by atoms with Crippen molar-refractivity contribution in [3.63, 3.8) is 0 Å². The number of aliphatic hydroxyl groups is 1. The molecular weight excluding hydrogens is 386 g/mol. The number of Topliss-reactive ketones (excluding diaryl/α,β-unsaturated/α-hetero) is 1. The topological polar surface area (TPSA) is 89.2 Å². The molecule has 1 unspecified atom stereocenters. The minimum atomic E-state index is -0.780. The molecule has 30 heavy (non-hydrogen) atoms. The molecule has 1 N–H and O–H groups in total. The largest absolute Gasteiger partial charge is 0.507 e. The van der Waals surface area contributed by atoms with Gasteiger partial charge in [-0.05, 0) is 50.1 Å². The van der Waals surface area contributed by atoms with Crippen LogP contribution in [0.3, 0.4) is 0 Å². The quantitative estimate of drug-likeness (QED) is 0.455. The van der Waals surface area contributed by atoms with E-state index in [1.165, 1.54) is 14.2 Å². The van der Waals surface area contributed by atoms with Gasteiger partial charge in [-0.25, -0.2) is 0 Å². The first kappa shape index (κ1) is 20.1. The zero-order valence-electron chi connectivity index (χ0n) is 17.3. The summed E-state index contributed by atoms with van der Waals surface area (Å²) in [5.41, 5.74) is 0.294. The summed E-state index contributed by atoms with van der Waals surface area (Å²) in [5, 5.41) is 11.2. The molecule has 1 saturated heterocycles. The van der Waals surface area contributed by atoms with Crippen LogP contribution in [-0.2, 0) is 9.59 Å². The number of benzene rings is 1. The van der Waals surface area contributed by atoms with Crippen LogP contribution in [0.1, 0.15) is 48.8 Å². The van der Waals surface area contributed by atoms with Crippen LogP contribution in [0.15, 0.2) is 40.3 Å². The van der Waals surface area contributed by atoms with Crippen molar-refractivity contribution >= 4 is 17.4 Å². The van der Waals surface area contributed by atoms with Crippen molar-refractivity contribution in [2.24, 2.45) is 0 Å². The second-order valence-corrected chi connectivity index (χ2v) is 7.66. The second-order valence-electron chi connectivity index (χ2n) is 7.66. The van der Waals surface area contributed by atoms with Gasteiger partial charge in [0, 0.05) is 6.04 Å². The number of aliphatic hydroxyl groups excluding tert-OH is 1. The summed E-state index contributed by atoms with van der Waals surface area (Å²) in [6.07, 6.45) is 3.65. The molecule has 1 aromatic heterocycles. The van der Waals surface area contributed by atoms with Gasteiger partial charge in [0.1, 0.15) is 34.8 Å². The fraction of sp³-hybridized carbons (Fsp3) is 0.391. The van der Waals surface area contributed by atoms with Crippen molar-refractivity contribution in [2.75, 3.05) is 14.2 Å². The standard InChI is InChI=1S/C23H25NO6/c1-13-8-10-18(30-13)20-19(22(26)23(27)24(20)14-6-4-5-7-14)21(25)16-12-15(28-2)9-11-17(16)29-3/h8-12,14,20,25H,4-7H2,1-3H3/b21-19+. The van der Waals surface area contributed by atoms with Crippen LogP contribution in [-0.4, -0.2) is 42.0 Å². The summed E-state index contributed by atoms with van der Waals surface area (Å²) < 4.78 is 16.5. The SMILES string of the molecule is COc1ccc(OC)c(/C(O)=C2\C(=O)C(=O)N(C3CCCC3)C2c2ccc(C)o2)c1. The molecule has 2 heterocycles. The minimum absolute atomic E-state index is 0.00723. The number of carbonyl (C=O) groups excluding carboxylic acids is 2. The highest BCUT2D eigenvalue weighted by Gasteiger charge is 2.50. The Bertz CT molecular complexity index is 1010. The van der Waals surface area contributed by atoms with E-state index in [9.17, 15) is 14.7 Å². The minimum Gasteiger partial charge on any atom is -0.507 e. The van der Waals surface area contributed by atoms with Crippen molar-refractivity contribution in [1.82, 2.24) is 4.90 Å². The Labute approximate surface area is 174 Å². The van der Waals surface area contributed by atoms with Crippen LogP contribution in [0.4, 0.5) is 0 Å². The Balaban J connectivity index is 1.92. The van der Waals surface area contributed by atoms with Crippen molar-refractivity contribution in [3.05, 3.63) is 53.0 Å². The first-order valence-electron chi connectivity index (χ1n) is 10.0. The van der Waals surface area contributed by atoms with Crippen LogP contribution in [0.5, 0.6) is 11.5 Å². The molecule has 2 fully saturated rings. The van der Waals surface area contributed by atoms with Crippen molar-refractivity contribution < 1.29 is 28.6 Å². The molecule has 7 heteroatoms. The van der Waals surface area contributed by atoms with Gasteiger partial charge in [0.15, 0.2) is 0 Å². The monoisotopic (exact) mass is 411 g/mol. The summed E-state index contributed by atoms with van der Waals surface area (Å²) in [7, 11) is 2.99. The molecule has 1 aliphatic heterocycles. The summed E-state index contributed by atoms with van der Waals surface area (Å²) in [6.45, 7) is 1.80. The van der Waals surface area contributed by atoms with E-state index >= 15 is 0 Å². The van der Waals surface area contributed by atoms with Gasteiger partial charge in [0.05, 0.1) is 25.4 Å². The average molecular weight is 411 g/mol. The molecule has 2 aliphatic rings. The van der Waals surface area contributed by atoms with Crippen molar-refractivity contribution in [1.29, 1.82) is 0 Å². The average Bonchev–Trinajstić information content (AvgIpc) is 3.48. The first-order chi connectivity index (χ1) is 14.5. The van der Waals surface area contributed by atoms with E-state index in [-0.39, 0.29) is 22.9 Å². The summed E-state index contributed by atoms with van der Waals surface area (Å²) >= 11 is 0. The lowest BCUT2D eigenvalue weighted by atomic mass is 9.98. The summed E-state index contributed by atoms with van der Waals surface area (Å²) in [6, 6.07) is 7.63. The molecule has 1 amide bonds. The maximum Gasteiger partial charge on any atom is 0.296 e. The highest BCUT2D eigenvalue weighted by Crippen LogP contribution is 2.45. The lowest BCUT2D eigenvalue weighted by Gasteiger charge is -2.29. The fourth-order valence-corrected chi connectivity index (χ4v) is 4.43. The van der Waals surface area contributed by atoms with Gasteiger partial charge in [-0.3, -0.25) is 9.59 Å². The van der Waals surface area contributed by atoms with Crippen molar-refractivity contribution in [2.45, 2.75) is 44.7 Å². The molecule has 1 atom stereocenters. The number of methoxy groups -OCH3 is 2. The van der Waals surface area contributed by atoms with Crippen LogP contribution in [0, 0.1) is 6.92 Å². The number of ether oxygens (including phenoxy) is 2. The number of likely N-dealkylation sites (tertiary alicyclic amines) is 1. The highest BCUT2D eigenvalue weighted by molar-refractivity contribution is 6.46. The van der Waals surface area contributed by atoms with Gasteiger partial charge < -0.3 is 23.9 Å². The summed E-state index contributed by atoms with van der Waals surface area (Å²) in [5.74, 6) is 0.363. The number of nitrogens with zero attached hydrogens (tertiary/aromatic N) is 1. The van der Waals surface area contributed by atoms with Gasteiger partial charge in [-0.1, -0.05) is 12.8 Å². The van der Waals surface area contributed by atoms with Crippen molar-refractivity contribution in [3.8, 4) is 11.5 Å². The van der Waals surface area contributed by atoms with Gasteiger partial charge in [-0.2, -0.15) is 0 Å². The van der Waals surface area contributed by atoms with E-state index in [1.807, 2.05) is 0 Å². The summed E-state index contributed by atoms with van der Waals surface area (Å²) in [4.78, 5) is 27.7. The molecule has 0 radical (unpaired) electrons. The number of hydrogen-bond acceptors (Lipinski definition) is 6. The van der Waals surface area contributed by atoms with Gasteiger partial charge >= 0.3 is 0 Å². The maximum atomic E-state index is 13.1. The molecule has 1 saturated carbocycles. The third-order valence-corrected chi connectivity index (χ3v) is 5.89. The highest BCUT2D eigenvalue weighted by atomic mass is 16.5. The van der Waals surface area contributed by atoms with E-state index in [1.54, 1.807) is 42.2 Å². The smallest absolute Gasteiger partial charge is 0.296 e. The number of rotatable bonds is 5. The first-order valence-corrected chi connectivity index (χ1v) is 10.0. The Hall–Kier alpha value is -3.22. The molecule has 2 aromatic rings. The number of ketones is 1. The molecule has 1 aliphatic carbocycles. The fourth-order valence-electron chi connectivity index (χ4n) is 4.43. The molecule has 1 aromatic carbocycles. The molecule has 158 valence electrons. The van der Waals surface area contributed by atoms with Crippen LogP contribution < -0.4 is 9.47 Å². The van der Waals surface area contributed by atoms with E-state index in [4.69, 9.17) is 13.9 Å².